The average molecular weight is 273 g/mol. The van der Waals surface area contributed by atoms with E-state index in [1.165, 1.54) is 0 Å². The fourth-order valence-corrected chi connectivity index (χ4v) is 1.98. The molecule has 0 amide bonds. The standard InChI is InChI=1S/C15H19N3O2/c1-20-15-6-3-2-5-13(15)14(19)11-16-7-4-9-18-10-8-17-12-18/h2-3,5-6,8,10,12,16H,4,7,9,11H2,1H3. The molecule has 0 unspecified atom stereocenters. The van der Waals surface area contributed by atoms with Crippen molar-refractivity contribution in [1.29, 1.82) is 0 Å². The van der Waals surface area contributed by atoms with E-state index in [9.17, 15) is 4.79 Å². The summed E-state index contributed by atoms with van der Waals surface area (Å²) < 4.78 is 7.20. The first-order chi connectivity index (χ1) is 9.81. The number of carbonyl (C=O) groups excluding carboxylic acids is 1. The van der Waals surface area contributed by atoms with Crippen LogP contribution in [0.3, 0.4) is 0 Å². The Labute approximate surface area is 118 Å². The maximum absolute atomic E-state index is 12.1. The van der Waals surface area contributed by atoms with Crippen LogP contribution in [0, 0.1) is 0 Å². The lowest BCUT2D eigenvalue weighted by molar-refractivity contribution is 0.0988. The summed E-state index contributed by atoms with van der Waals surface area (Å²) in [4.78, 5) is 16.0. The van der Waals surface area contributed by atoms with Gasteiger partial charge in [0.05, 0.1) is 25.5 Å². The molecule has 1 aromatic heterocycles. The van der Waals surface area contributed by atoms with Crippen molar-refractivity contribution in [3.8, 4) is 5.75 Å². The highest BCUT2D eigenvalue weighted by Gasteiger charge is 2.10. The van der Waals surface area contributed by atoms with Crippen molar-refractivity contribution in [3.05, 3.63) is 48.5 Å². The second-order valence-electron chi connectivity index (χ2n) is 4.45. The molecule has 1 N–H and O–H groups in total. The van der Waals surface area contributed by atoms with Gasteiger partial charge in [0.15, 0.2) is 5.78 Å². The van der Waals surface area contributed by atoms with Crippen LogP contribution in [0.1, 0.15) is 16.8 Å². The molecule has 0 fully saturated rings. The van der Waals surface area contributed by atoms with E-state index in [0.717, 1.165) is 19.5 Å². The lowest BCUT2D eigenvalue weighted by Crippen LogP contribution is -2.25. The number of aryl methyl sites for hydroxylation is 1. The molecule has 5 nitrogen and oxygen atoms in total. The topological polar surface area (TPSA) is 56.1 Å². The molecule has 2 rings (SSSR count). The smallest absolute Gasteiger partial charge is 0.180 e. The van der Waals surface area contributed by atoms with Crippen molar-refractivity contribution < 1.29 is 9.53 Å². The summed E-state index contributed by atoms with van der Waals surface area (Å²) in [5.41, 5.74) is 0.622. The third kappa shape index (κ3) is 3.93. The molecule has 2 aromatic rings. The number of hydrogen-bond acceptors (Lipinski definition) is 4. The van der Waals surface area contributed by atoms with Gasteiger partial charge in [-0.25, -0.2) is 4.98 Å². The van der Waals surface area contributed by atoms with Gasteiger partial charge in [-0.1, -0.05) is 12.1 Å². The van der Waals surface area contributed by atoms with Crippen LogP contribution in [0.25, 0.3) is 0 Å². The minimum absolute atomic E-state index is 0.0464. The molecule has 0 aliphatic carbocycles. The van der Waals surface area contributed by atoms with Crippen molar-refractivity contribution >= 4 is 5.78 Å². The number of aromatic nitrogens is 2. The summed E-state index contributed by atoms with van der Waals surface area (Å²) in [5.74, 6) is 0.669. The van der Waals surface area contributed by atoms with Gasteiger partial charge in [-0.3, -0.25) is 4.79 Å². The Kier molecular flexibility index (Phi) is 5.32. The van der Waals surface area contributed by atoms with E-state index >= 15 is 0 Å². The van der Waals surface area contributed by atoms with Crippen LogP contribution in [0.5, 0.6) is 5.75 Å². The zero-order chi connectivity index (χ0) is 14.2. The zero-order valence-corrected chi connectivity index (χ0v) is 11.6. The summed E-state index contributed by atoms with van der Waals surface area (Å²) in [5, 5.41) is 3.16. The van der Waals surface area contributed by atoms with Gasteiger partial charge in [-0.05, 0) is 25.1 Å². The van der Waals surface area contributed by atoms with E-state index in [4.69, 9.17) is 4.74 Å². The maximum atomic E-state index is 12.1. The number of benzene rings is 1. The predicted octanol–water partition coefficient (Wildman–Crippen LogP) is 1.75. The number of imidazole rings is 1. The Morgan fingerprint density at radius 3 is 3.00 bits per heavy atom. The molecule has 5 heteroatoms. The number of para-hydroxylation sites is 1. The minimum atomic E-state index is 0.0464. The number of rotatable bonds is 8. The summed E-state index contributed by atoms with van der Waals surface area (Å²) in [6.07, 6.45) is 6.44. The Balaban J connectivity index is 1.72. The normalized spacial score (nSPS) is 10.4. The Bertz CT molecular complexity index is 538. The summed E-state index contributed by atoms with van der Waals surface area (Å²) in [6, 6.07) is 7.28. The van der Waals surface area contributed by atoms with Crippen LogP contribution in [-0.2, 0) is 6.54 Å². The van der Waals surface area contributed by atoms with Crippen LogP contribution >= 0.6 is 0 Å². The first-order valence-corrected chi connectivity index (χ1v) is 6.64. The number of nitrogens with one attached hydrogen (secondary N) is 1. The van der Waals surface area contributed by atoms with E-state index in [1.54, 1.807) is 31.8 Å². The Morgan fingerprint density at radius 1 is 1.40 bits per heavy atom. The molecule has 0 bridgehead atoms. The van der Waals surface area contributed by atoms with Crippen molar-refractivity contribution in [1.82, 2.24) is 14.9 Å². The van der Waals surface area contributed by atoms with Gasteiger partial charge >= 0.3 is 0 Å². The predicted molar refractivity (Wildman–Crippen MR) is 77.0 cm³/mol. The highest BCUT2D eigenvalue weighted by molar-refractivity contribution is 6.00. The highest BCUT2D eigenvalue weighted by atomic mass is 16.5. The Hall–Kier alpha value is -2.14. The van der Waals surface area contributed by atoms with Crippen LogP contribution < -0.4 is 10.1 Å². The van der Waals surface area contributed by atoms with E-state index in [-0.39, 0.29) is 5.78 Å². The molecule has 0 atom stereocenters. The average Bonchev–Trinajstić information content (AvgIpc) is 3.00. The maximum Gasteiger partial charge on any atom is 0.180 e. The van der Waals surface area contributed by atoms with Crippen molar-refractivity contribution in [2.24, 2.45) is 0 Å². The number of hydrogen-bond donors (Lipinski definition) is 1. The molecule has 1 heterocycles. The molecule has 106 valence electrons. The number of ketones is 1. The SMILES string of the molecule is COc1ccccc1C(=O)CNCCCn1ccnc1. The number of nitrogens with zero attached hydrogens (tertiary/aromatic N) is 2. The highest BCUT2D eigenvalue weighted by Crippen LogP contribution is 2.17. The number of Topliss-reactive ketones (excluding diaryl/α,β-unsaturated/α-hetero) is 1. The molecule has 0 saturated heterocycles. The zero-order valence-electron chi connectivity index (χ0n) is 11.6. The van der Waals surface area contributed by atoms with Gasteiger partial charge in [0.1, 0.15) is 5.75 Å². The van der Waals surface area contributed by atoms with Gasteiger partial charge in [0.2, 0.25) is 0 Å². The van der Waals surface area contributed by atoms with Gasteiger partial charge in [0.25, 0.3) is 0 Å². The molecular weight excluding hydrogens is 254 g/mol. The van der Waals surface area contributed by atoms with Crippen LogP contribution in [0.4, 0.5) is 0 Å². The number of ether oxygens (including phenoxy) is 1. The van der Waals surface area contributed by atoms with Gasteiger partial charge in [-0.2, -0.15) is 0 Å². The van der Waals surface area contributed by atoms with E-state index in [0.29, 0.717) is 17.9 Å². The van der Waals surface area contributed by atoms with E-state index in [2.05, 4.69) is 10.3 Å². The van der Waals surface area contributed by atoms with Crippen molar-refractivity contribution in [2.45, 2.75) is 13.0 Å². The lowest BCUT2D eigenvalue weighted by Gasteiger charge is -2.08. The molecular formula is C15H19N3O2. The molecule has 0 saturated carbocycles. The largest absolute Gasteiger partial charge is 0.496 e. The molecule has 20 heavy (non-hydrogen) atoms. The third-order valence-corrected chi connectivity index (χ3v) is 3.02. The van der Waals surface area contributed by atoms with Gasteiger partial charge < -0.3 is 14.6 Å². The van der Waals surface area contributed by atoms with E-state index < -0.39 is 0 Å². The quantitative estimate of drug-likeness (QED) is 0.588. The lowest BCUT2D eigenvalue weighted by atomic mass is 10.1. The first kappa shape index (κ1) is 14.3. The molecule has 1 aromatic carbocycles. The molecule has 0 radical (unpaired) electrons. The minimum Gasteiger partial charge on any atom is -0.496 e. The second kappa shape index (κ2) is 7.45. The van der Waals surface area contributed by atoms with Crippen LogP contribution in [0.2, 0.25) is 0 Å². The number of methoxy groups -OCH3 is 1. The summed E-state index contributed by atoms with van der Waals surface area (Å²) >= 11 is 0. The molecule has 0 aliphatic rings. The Morgan fingerprint density at radius 2 is 2.25 bits per heavy atom. The second-order valence-corrected chi connectivity index (χ2v) is 4.45. The number of carbonyl (C=O) groups is 1. The van der Waals surface area contributed by atoms with E-state index in [1.807, 2.05) is 22.9 Å². The monoisotopic (exact) mass is 273 g/mol. The fraction of sp³-hybridized carbons (Fsp3) is 0.333. The van der Waals surface area contributed by atoms with Crippen LogP contribution in [0.15, 0.2) is 43.0 Å². The fourth-order valence-electron chi connectivity index (χ4n) is 1.98. The van der Waals surface area contributed by atoms with Crippen molar-refractivity contribution in [2.75, 3.05) is 20.2 Å². The third-order valence-electron chi connectivity index (χ3n) is 3.02. The summed E-state index contributed by atoms with van der Waals surface area (Å²) in [6.45, 7) is 2.01. The molecule has 0 spiro atoms. The van der Waals surface area contributed by atoms with Crippen molar-refractivity contribution in [3.63, 3.8) is 0 Å². The summed E-state index contributed by atoms with van der Waals surface area (Å²) in [7, 11) is 1.57. The molecule has 0 aliphatic heterocycles. The van der Waals surface area contributed by atoms with Crippen LogP contribution in [-0.4, -0.2) is 35.5 Å². The first-order valence-electron chi connectivity index (χ1n) is 6.64. The van der Waals surface area contributed by atoms with Gasteiger partial charge in [0, 0.05) is 18.9 Å². The van der Waals surface area contributed by atoms with Gasteiger partial charge in [-0.15, -0.1) is 0 Å².